The van der Waals surface area contributed by atoms with Crippen LogP contribution in [-0.4, -0.2) is 11.5 Å². The second-order valence-electron chi connectivity index (χ2n) is 4.95. The lowest BCUT2D eigenvalue weighted by Gasteiger charge is -2.11. The van der Waals surface area contributed by atoms with Gasteiger partial charge < -0.3 is 11.1 Å². The maximum atomic E-state index is 8.87. The number of anilines is 2. The molecule has 1 aliphatic rings. The van der Waals surface area contributed by atoms with Crippen LogP contribution in [0.3, 0.4) is 0 Å². The van der Waals surface area contributed by atoms with Gasteiger partial charge in [0.1, 0.15) is 6.07 Å². The zero-order chi connectivity index (χ0) is 12.8. The van der Waals surface area contributed by atoms with E-state index in [1.165, 1.54) is 32.1 Å². The Morgan fingerprint density at radius 2 is 2.22 bits per heavy atom. The largest absolute Gasteiger partial charge is 0.395 e. The van der Waals surface area contributed by atoms with Crippen molar-refractivity contribution in [2.75, 3.05) is 17.6 Å². The molecule has 1 aromatic heterocycles. The summed E-state index contributed by atoms with van der Waals surface area (Å²) in [7, 11) is 0. The molecule has 1 aliphatic carbocycles. The van der Waals surface area contributed by atoms with Crippen LogP contribution in [-0.2, 0) is 0 Å². The Hall–Kier alpha value is -1.76. The van der Waals surface area contributed by atoms with Crippen molar-refractivity contribution in [3.63, 3.8) is 0 Å². The number of nitrogens with two attached hydrogens (primary N) is 1. The Labute approximate surface area is 108 Å². The van der Waals surface area contributed by atoms with Crippen molar-refractivity contribution in [2.45, 2.75) is 38.5 Å². The van der Waals surface area contributed by atoms with Gasteiger partial charge in [-0.2, -0.15) is 5.26 Å². The predicted molar refractivity (Wildman–Crippen MR) is 73.0 cm³/mol. The number of pyridine rings is 1. The van der Waals surface area contributed by atoms with Crippen LogP contribution in [0.15, 0.2) is 12.3 Å². The minimum Gasteiger partial charge on any atom is -0.395 e. The van der Waals surface area contributed by atoms with Gasteiger partial charge in [-0.3, -0.25) is 0 Å². The highest BCUT2D eigenvalue weighted by Gasteiger charge is 2.14. The topological polar surface area (TPSA) is 74.7 Å². The number of aromatic nitrogens is 1. The fraction of sp³-hybridized carbons (Fsp3) is 0.571. The summed E-state index contributed by atoms with van der Waals surface area (Å²) in [5.74, 6) is 1.56. The first-order valence-electron chi connectivity index (χ1n) is 6.69. The zero-order valence-corrected chi connectivity index (χ0v) is 10.7. The van der Waals surface area contributed by atoms with E-state index in [-0.39, 0.29) is 0 Å². The van der Waals surface area contributed by atoms with Crippen molar-refractivity contribution in [2.24, 2.45) is 5.92 Å². The molecule has 0 aliphatic heterocycles. The molecule has 0 amide bonds. The molecule has 0 bridgehead atoms. The maximum absolute atomic E-state index is 8.87. The van der Waals surface area contributed by atoms with Crippen LogP contribution < -0.4 is 11.1 Å². The van der Waals surface area contributed by atoms with E-state index in [9.17, 15) is 0 Å². The monoisotopic (exact) mass is 244 g/mol. The van der Waals surface area contributed by atoms with Crippen LogP contribution >= 0.6 is 0 Å². The van der Waals surface area contributed by atoms with Crippen molar-refractivity contribution >= 4 is 11.5 Å². The van der Waals surface area contributed by atoms with Gasteiger partial charge in [-0.25, -0.2) is 4.98 Å². The Morgan fingerprint density at radius 1 is 1.44 bits per heavy atom. The van der Waals surface area contributed by atoms with Gasteiger partial charge in [0.15, 0.2) is 5.82 Å². The Bertz CT molecular complexity index is 430. The van der Waals surface area contributed by atoms with Crippen molar-refractivity contribution in [3.05, 3.63) is 17.8 Å². The Morgan fingerprint density at radius 3 is 2.94 bits per heavy atom. The highest BCUT2D eigenvalue weighted by Crippen LogP contribution is 2.28. The summed E-state index contributed by atoms with van der Waals surface area (Å²) < 4.78 is 0. The van der Waals surface area contributed by atoms with Crippen LogP contribution in [0.2, 0.25) is 0 Å². The molecule has 1 heterocycles. The van der Waals surface area contributed by atoms with Crippen molar-refractivity contribution in [1.82, 2.24) is 4.98 Å². The summed E-state index contributed by atoms with van der Waals surface area (Å²) in [6.45, 7) is 0.878. The number of hydrogen-bond acceptors (Lipinski definition) is 4. The first-order valence-corrected chi connectivity index (χ1v) is 6.69. The molecular weight excluding hydrogens is 224 g/mol. The van der Waals surface area contributed by atoms with E-state index < -0.39 is 0 Å². The van der Waals surface area contributed by atoms with E-state index >= 15 is 0 Å². The van der Waals surface area contributed by atoms with Crippen LogP contribution in [0.5, 0.6) is 0 Å². The zero-order valence-electron chi connectivity index (χ0n) is 10.7. The summed E-state index contributed by atoms with van der Waals surface area (Å²) in [5.41, 5.74) is 6.80. The first kappa shape index (κ1) is 12.7. The molecule has 1 aromatic rings. The fourth-order valence-electron chi connectivity index (χ4n) is 2.61. The predicted octanol–water partition coefficient (Wildman–Crippen LogP) is 2.92. The third-order valence-corrected chi connectivity index (χ3v) is 3.67. The number of rotatable bonds is 5. The molecule has 0 aromatic carbocycles. The molecule has 1 saturated carbocycles. The van der Waals surface area contributed by atoms with Crippen molar-refractivity contribution in [1.29, 1.82) is 5.26 Å². The molecule has 0 spiro atoms. The fourth-order valence-corrected chi connectivity index (χ4v) is 2.61. The molecule has 4 nitrogen and oxygen atoms in total. The molecule has 0 radical (unpaired) electrons. The lowest BCUT2D eigenvalue weighted by Crippen LogP contribution is -2.08. The van der Waals surface area contributed by atoms with Crippen molar-refractivity contribution in [3.8, 4) is 6.07 Å². The SMILES string of the molecule is N#Cc1ccnc(NCCCC2CCCC2)c1N. The van der Waals surface area contributed by atoms with Gasteiger partial charge in [-0.05, 0) is 24.8 Å². The van der Waals surface area contributed by atoms with Gasteiger partial charge in [0.2, 0.25) is 0 Å². The first-order chi connectivity index (χ1) is 8.81. The summed E-state index contributed by atoms with van der Waals surface area (Å²) in [6, 6.07) is 3.70. The van der Waals surface area contributed by atoms with E-state index in [0.717, 1.165) is 18.9 Å². The van der Waals surface area contributed by atoms with E-state index in [2.05, 4.69) is 16.4 Å². The molecule has 3 N–H and O–H groups in total. The number of hydrogen-bond donors (Lipinski definition) is 2. The second kappa shape index (κ2) is 6.25. The van der Waals surface area contributed by atoms with E-state index in [1.54, 1.807) is 12.3 Å². The summed E-state index contributed by atoms with van der Waals surface area (Å²) in [6.07, 6.45) is 9.63. The Kier molecular flexibility index (Phi) is 4.40. The molecular formula is C14H20N4. The number of nitrogens with zero attached hydrogens (tertiary/aromatic N) is 2. The van der Waals surface area contributed by atoms with Crippen LogP contribution in [0.1, 0.15) is 44.1 Å². The van der Waals surface area contributed by atoms with Gasteiger partial charge >= 0.3 is 0 Å². The third kappa shape index (κ3) is 3.13. The van der Waals surface area contributed by atoms with Crippen LogP contribution in [0.4, 0.5) is 11.5 Å². The molecule has 18 heavy (non-hydrogen) atoms. The second-order valence-corrected chi connectivity index (χ2v) is 4.95. The van der Waals surface area contributed by atoms with E-state index in [1.807, 2.05) is 0 Å². The van der Waals surface area contributed by atoms with E-state index in [4.69, 9.17) is 11.0 Å². The molecule has 0 unspecified atom stereocenters. The Balaban J connectivity index is 1.78. The van der Waals surface area contributed by atoms with Gasteiger partial charge in [0.05, 0.1) is 11.3 Å². The standard InChI is InChI=1S/C14H20N4/c15-10-12-7-9-18-14(13(12)16)17-8-3-6-11-4-1-2-5-11/h7,9,11H,1-6,8,16H2,(H,17,18). The van der Waals surface area contributed by atoms with Gasteiger partial charge in [-0.15, -0.1) is 0 Å². The average Bonchev–Trinajstić information content (AvgIpc) is 2.89. The maximum Gasteiger partial charge on any atom is 0.150 e. The molecule has 4 heteroatoms. The molecule has 96 valence electrons. The normalized spacial score (nSPS) is 15.5. The highest BCUT2D eigenvalue weighted by atomic mass is 15.0. The van der Waals surface area contributed by atoms with Crippen molar-refractivity contribution < 1.29 is 0 Å². The highest BCUT2D eigenvalue weighted by molar-refractivity contribution is 5.68. The smallest absolute Gasteiger partial charge is 0.150 e. The molecule has 0 atom stereocenters. The minimum absolute atomic E-state index is 0.459. The third-order valence-electron chi connectivity index (χ3n) is 3.67. The summed E-state index contributed by atoms with van der Waals surface area (Å²) in [4.78, 5) is 4.17. The average molecular weight is 244 g/mol. The quantitative estimate of drug-likeness (QED) is 0.781. The number of nitrogen functional groups attached to an aromatic ring is 1. The number of nitriles is 1. The molecule has 1 fully saturated rings. The molecule has 2 rings (SSSR count). The van der Waals surface area contributed by atoms with Crippen LogP contribution in [0, 0.1) is 17.2 Å². The lowest BCUT2D eigenvalue weighted by molar-refractivity contribution is 0.491. The lowest BCUT2D eigenvalue weighted by atomic mass is 10.0. The van der Waals surface area contributed by atoms with E-state index in [0.29, 0.717) is 17.1 Å². The van der Waals surface area contributed by atoms with Gasteiger partial charge in [-0.1, -0.05) is 25.7 Å². The summed E-state index contributed by atoms with van der Waals surface area (Å²) in [5, 5.41) is 12.1. The van der Waals surface area contributed by atoms with Gasteiger partial charge in [0, 0.05) is 12.7 Å². The molecule has 0 saturated heterocycles. The number of nitrogens with one attached hydrogen (secondary N) is 1. The van der Waals surface area contributed by atoms with Crippen LogP contribution in [0.25, 0.3) is 0 Å². The summed E-state index contributed by atoms with van der Waals surface area (Å²) >= 11 is 0. The minimum atomic E-state index is 0.459. The van der Waals surface area contributed by atoms with Gasteiger partial charge in [0.25, 0.3) is 0 Å².